The first kappa shape index (κ1) is 31.4. The summed E-state index contributed by atoms with van der Waals surface area (Å²) in [5.74, 6) is -4.09. The molecule has 1 N–H and O–H groups in total. The van der Waals surface area contributed by atoms with Crippen molar-refractivity contribution >= 4 is 31.5 Å². The molecule has 0 unspecified atom stereocenters. The molecule has 0 bridgehead atoms. The molecule has 38 heavy (non-hydrogen) atoms. The molecule has 1 aromatic carbocycles. The standard InChI is InChI=1S/C24H34NO12P/c1-13-8-10-18(11-9-13)23(38(30,31-6)32-7)25-20-22(35-16(4)28)21(34-15(3)27)19(12-33-14(2)26)37-24(20)36-17(5)29/h8-11,19-25H,12H2,1-7H3/t19-,20-,21-,22-,23-,24-/m1/s1. The molecule has 212 valence electrons. The molecule has 1 heterocycles. The van der Waals surface area contributed by atoms with Gasteiger partial charge in [-0.05, 0) is 12.5 Å². The Morgan fingerprint density at radius 1 is 0.868 bits per heavy atom. The molecule has 0 saturated carbocycles. The fourth-order valence-electron chi connectivity index (χ4n) is 3.93. The predicted octanol–water partition coefficient (Wildman–Crippen LogP) is 2.15. The average Bonchev–Trinajstić information content (AvgIpc) is 2.83. The third kappa shape index (κ3) is 8.34. The number of hydrogen-bond acceptors (Lipinski definition) is 13. The van der Waals surface area contributed by atoms with Crippen LogP contribution in [0.25, 0.3) is 0 Å². The summed E-state index contributed by atoms with van der Waals surface area (Å²) in [6, 6.07) is 5.68. The minimum absolute atomic E-state index is 0.411. The molecule has 2 rings (SSSR count). The fourth-order valence-corrected chi connectivity index (χ4v) is 5.39. The lowest BCUT2D eigenvalue weighted by molar-refractivity contribution is -0.272. The van der Waals surface area contributed by atoms with E-state index in [4.69, 9.17) is 32.7 Å². The fraction of sp³-hybridized carbons (Fsp3) is 0.583. The second-order valence-electron chi connectivity index (χ2n) is 8.51. The van der Waals surface area contributed by atoms with Crippen molar-refractivity contribution in [1.82, 2.24) is 5.32 Å². The number of carbonyl (C=O) groups is 4. The summed E-state index contributed by atoms with van der Waals surface area (Å²) in [7, 11) is -1.52. The molecule has 0 aliphatic carbocycles. The number of benzene rings is 1. The molecule has 1 aliphatic rings. The lowest BCUT2D eigenvalue weighted by Crippen LogP contribution is -2.66. The van der Waals surface area contributed by atoms with Gasteiger partial charge in [-0.15, -0.1) is 0 Å². The molecule has 14 heteroatoms. The first-order chi connectivity index (χ1) is 17.8. The highest BCUT2D eigenvalue weighted by Gasteiger charge is 2.53. The second-order valence-corrected chi connectivity index (χ2v) is 10.8. The van der Waals surface area contributed by atoms with Crippen LogP contribution in [0.1, 0.15) is 44.6 Å². The van der Waals surface area contributed by atoms with E-state index in [1.54, 1.807) is 24.3 Å². The Morgan fingerprint density at radius 3 is 1.87 bits per heavy atom. The molecule has 0 amide bonds. The summed E-state index contributed by atoms with van der Waals surface area (Å²) >= 11 is 0. The van der Waals surface area contributed by atoms with E-state index in [9.17, 15) is 23.7 Å². The normalized spacial score (nSPS) is 24.1. The Hall–Kier alpha value is -2.83. The van der Waals surface area contributed by atoms with E-state index in [2.05, 4.69) is 5.32 Å². The van der Waals surface area contributed by atoms with E-state index in [0.717, 1.165) is 26.3 Å². The van der Waals surface area contributed by atoms with E-state index in [-0.39, 0.29) is 0 Å². The quantitative estimate of drug-likeness (QED) is 0.239. The van der Waals surface area contributed by atoms with Crippen LogP contribution >= 0.6 is 7.60 Å². The molecule has 0 spiro atoms. The van der Waals surface area contributed by atoms with E-state index in [0.29, 0.717) is 5.56 Å². The topological polar surface area (TPSA) is 162 Å². The van der Waals surface area contributed by atoms with E-state index in [1.165, 1.54) is 21.1 Å². The Kier molecular flexibility index (Phi) is 11.4. The van der Waals surface area contributed by atoms with Gasteiger partial charge in [-0.2, -0.15) is 0 Å². The number of carbonyl (C=O) groups excluding carboxylic acids is 4. The zero-order valence-corrected chi connectivity index (χ0v) is 23.2. The second kappa shape index (κ2) is 13.8. The van der Waals surface area contributed by atoms with E-state index in [1.807, 2.05) is 6.92 Å². The van der Waals surface area contributed by atoms with E-state index < -0.39 is 74.5 Å². The van der Waals surface area contributed by atoms with Gasteiger partial charge in [0.15, 0.2) is 12.2 Å². The Morgan fingerprint density at radius 2 is 1.39 bits per heavy atom. The van der Waals surface area contributed by atoms with Crippen molar-refractivity contribution in [3.05, 3.63) is 35.4 Å². The largest absolute Gasteiger partial charge is 0.463 e. The summed E-state index contributed by atoms with van der Waals surface area (Å²) in [4.78, 5) is 47.7. The molecule has 1 aliphatic heterocycles. The van der Waals surface area contributed by atoms with Gasteiger partial charge in [0.2, 0.25) is 6.29 Å². The lowest BCUT2D eigenvalue weighted by atomic mass is 9.95. The molecule has 0 radical (unpaired) electrons. The van der Waals surface area contributed by atoms with Crippen LogP contribution in [0.4, 0.5) is 0 Å². The highest BCUT2D eigenvalue weighted by atomic mass is 31.2. The molecule has 1 saturated heterocycles. The summed E-state index contributed by atoms with van der Waals surface area (Å²) < 4.78 is 51.5. The number of rotatable bonds is 11. The van der Waals surface area contributed by atoms with Gasteiger partial charge in [-0.1, -0.05) is 29.8 Å². The maximum absolute atomic E-state index is 13.7. The van der Waals surface area contributed by atoms with Gasteiger partial charge in [0.05, 0.1) is 0 Å². The molecule has 0 aromatic heterocycles. The average molecular weight is 560 g/mol. The SMILES string of the molecule is COP(=O)(OC)[C@@H](N[C@H]1[C@H](OC(C)=O)O[C@H](COC(C)=O)[C@@H](OC(C)=O)[C@@H]1OC(C)=O)c1ccc(C)cc1. The number of nitrogens with one attached hydrogen (secondary N) is 1. The summed E-state index contributed by atoms with van der Waals surface area (Å²) in [5, 5.41) is 3.04. The third-order valence-electron chi connectivity index (χ3n) is 5.55. The molecular weight excluding hydrogens is 525 g/mol. The van der Waals surface area contributed by atoms with Gasteiger partial charge in [0, 0.05) is 41.9 Å². The highest BCUT2D eigenvalue weighted by molar-refractivity contribution is 7.54. The zero-order valence-electron chi connectivity index (χ0n) is 22.3. The molecule has 13 nitrogen and oxygen atoms in total. The summed E-state index contributed by atoms with van der Waals surface area (Å²) in [6.45, 7) is 6.02. The van der Waals surface area contributed by atoms with Crippen molar-refractivity contribution in [3.63, 3.8) is 0 Å². The minimum atomic E-state index is -3.93. The van der Waals surface area contributed by atoms with Crippen molar-refractivity contribution < 1.29 is 56.5 Å². The van der Waals surface area contributed by atoms with E-state index >= 15 is 0 Å². The van der Waals surface area contributed by atoms with Crippen LogP contribution in [0.2, 0.25) is 0 Å². The molecule has 1 aromatic rings. The molecular formula is C24H34NO12P. The van der Waals surface area contributed by atoms with Crippen LogP contribution in [0.3, 0.4) is 0 Å². The third-order valence-corrected chi connectivity index (χ3v) is 7.65. The minimum Gasteiger partial charge on any atom is -0.463 e. The Balaban J connectivity index is 2.65. The van der Waals surface area contributed by atoms with Crippen molar-refractivity contribution in [2.24, 2.45) is 0 Å². The predicted molar refractivity (Wildman–Crippen MR) is 131 cm³/mol. The van der Waals surface area contributed by atoms with Crippen molar-refractivity contribution in [2.75, 3.05) is 20.8 Å². The van der Waals surface area contributed by atoms with Crippen LogP contribution < -0.4 is 5.32 Å². The Bertz CT molecular complexity index is 1040. The zero-order chi connectivity index (χ0) is 28.6. The lowest BCUT2D eigenvalue weighted by Gasteiger charge is -2.46. The van der Waals surface area contributed by atoms with Gasteiger partial charge in [0.1, 0.15) is 24.5 Å². The highest BCUT2D eigenvalue weighted by Crippen LogP contribution is 2.59. The first-order valence-corrected chi connectivity index (χ1v) is 13.3. The van der Waals surface area contributed by atoms with Crippen molar-refractivity contribution in [1.29, 1.82) is 0 Å². The van der Waals surface area contributed by atoms with Crippen LogP contribution in [-0.2, 0) is 56.5 Å². The number of aryl methyl sites for hydroxylation is 1. The monoisotopic (exact) mass is 559 g/mol. The number of esters is 4. The van der Waals surface area contributed by atoms with Crippen molar-refractivity contribution in [2.45, 2.75) is 71.0 Å². The summed E-state index contributed by atoms with van der Waals surface area (Å²) in [6.07, 6.45) is -5.34. The number of hydrogen-bond donors (Lipinski definition) is 1. The molecule has 1 fully saturated rings. The van der Waals surface area contributed by atoms with Gasteiger partial charge in [0.25, 0.3) is 0 Å². The van der Waals surface area contributed by atoms with Gasteiger partial charge in [-0.3, -0.25) is 29.1 Å². The van der Waals surface area contributed by atoms with Crippen LogP contribution in [-0.4, -0.2) is 75.3 Å². The van der Waals surface area contributed by atoms with Gasteiger partial charge < -0.3 is 32.7 Å². The van der Waals surface area contributed by atoms with Gasteiger partial charge in [-0.25, -0.2) is 0 Å². The smallest absolute Gasteiger partial charge is 0.351 e. The van der Waals surface area contributed by atoms with Crippen LogP contribution in [0, 0.1) is 6.92 Å². The van der Waals surface area contributed by atoms with Crippen molar-refractivity contribution in [3.8, 4) is 0 Å². The summed E-state index contributed by atoms with van der Waals surface area (Å²) in [5.41, 5.74) is 1.40. The van der Waals surface area contributed by atoms with Gasteiger partial charge >= 0.3 is 31.5 Å². The maximum atomic E-state index is 13.7. The van der Waals surface area contributed by atoms with Crippen LogP contribution in [0.5, 0.6) is 0 Å². The molecule has 6 atom stereocenters. The first-order valence-electron chi connectivity index (χ1n) is 11.7. The maximum Gasteiger partial charge on any atom is 0.351 e. The number of ether oxygens (including phenoxy) is 5. The van der Waals surface area contributed by atoms with Crippen LogP contribution in [0.15, 0.2) is 24.3 Å². The Labute approximate surface area is 220 Å².